The van der Waals surface area contributed by atoms with Gasteiger partial charge in [-0.1, -0.05) is 31.2 Å². The molecule has 1 unspecified atom stereocenters. The van der Waals surface area contributed by atoms with Gasteiger partial charge >= 0.3 is 5.97 Å². The second kappa shape index (κ2) is 3.82. The normalized spacial score (nSPS) is 21.8. The quantitative estimate of drug-likeness (QED) is 0.587. The molecule has 1 aliphatic heterocycles. The predicted molar refractivity (Wildman–Crippen MR) is 53.7 cm³/mol. The lowest BCUT2D eigenvalue weighted by Crippen LogP contribution is -2.16. The van der Waals surface area contributed by atoms with Gasteiger partial charge in [0.25, 0.3) is 0 Å². The highest BCUT2D eigenvalue weighted by atomic mass is 16.5. The molecule has 14 heavy (non-hydrogen) atoms. The van der Waals surface area contributed by atoms with Gasteiger partial charge in [0.05, 0.1) is 0 Å². The van der Waals surface area contributed by atoms with Crippen LogP contribution in [0.2, 0.25) is 0 Å². The third-order valence-corrected chi connectivity index (χ3v) is 2.59. The van der Waals surface area contributed by atoms with Gasteiger partial charge in [0, 0.05) is 6.42 Å². The fourth-order valence-corrected chi connectivity index (χ4v) is 1.85. The van der Waals surface area contributed by atoms with Crippen LogP contribution in [-0.2, 0) is 22.6 Å². The van der Waals surface area contributed by atoms with Gasteiger partial charge < -0.3 is 4.74 Å². The highest BCUT2D eigenvalue weighted by Crippen LogP contribution is 2.20. The SMILES string of the molecule is CC1CC(=O)OCc2ccccc2C1. The van der Waals surface area contributed by atoms with Gasteiger partial charge in [-0.3, -0.25) is 4.79 Å². The molecule has 0 aromatic heterocycles. The first kappa shape index (κ1) is 9.25. The zero-order valence-electron chi connectivity index (χ0n) is 8.32. The average Bonchev–Trinajstić information content (AvgIpc) is 2.14. The summed E-state index contributed by atoms with van der Waals surface area (Å²) in [5, 5.41) is 0. The van der Waals surface area contributed by atoms with Gasteiger partial charge in [-0.05, 0) is 23.5 Å². The summed E-state index contributed by atoms with van der Waals surface area (Å²) in [4.78, 5) is 11.2. The first-order valence-electron chi connectivity index (χ1n) is 4.98. The molecule has 2 heteroatoms. The molecule has 2 nitrogen and oxygen atoms in total. The van der Waals surface area contributed by atoms with E-state index < -0.39 is 0 Å². The van der Waals surface area contributed by atoms with Crippen LogP contribution in [0.15, 0.2) is 24.3 Å². The predicted octanol–water partition coefficient (Wildman–Crippen LogP) is 2.31. The lowest BCUT2D eigenvalue weighted by Gasteiger charge is -2.18. The molecule has 0 aliphatic carbocycles. The minimum Gasteiger partial charge on any atom is -0.461 e. The Morgan fingerprint density at radius 3 is 2.71 bits per heavy atom. The third kappa shape index (κ3) is 1.95. The van der Waals surface area contributed by atoms with Crippen LogP contribution >= 0.6 is 0 Å². The van der Waals surface area contributed by atoms with Crippen molar-refractivity contribution in [3.63, 3.8) is 0 Å². The number of hydrogen-bond acceptors (Lipinski definition) is 2. The number of ether oxygens (including phenoxy) is 1. The van der Waals surface area contributed by atoms with E-state index in [1.165, 1.54) is 5.56 Å². The monoisotopic (exact) mass is 190 g/mol. The molecule has 0 saturated carbocycles. The maximum atomic E-state index is 11.2. The van der Waals surface area contributed by atoms with E-state index in [0.717, 1.165) is 12.0 Å². The lowest BCUT2D eigenvalue weighted by molar-refractivity contribution is -0.146. The lowest BCUT2D eigenvalue weighted by atomic mass is 9.94. The van der Waals surface area contributed by atoms with Gasteiger partial charge in [0.15, 0.2) is 0 Å². The van der Waals surface area contributed by atoms with Crippen molar-refractivity contribution < 1.29 is 9.53 Å². The van der Waals surface area contributed by atoms with E-state index in [-0.39, 0.29) is 5.97 Å². The molecule has 1 atom stereocenters. The summed E-state index contributed by atoms with van der Waals surface area (Å²) in [6.07, 6.45) is 1.51. The molecule has 0 fully saturated rings. The van der Waals surface area contributed by atoms with Crippen LogP contribution in [0.25, 0.3) is 0 Å². The Morgan fingerprint density at radius 1 is 1.21 bits per heavy atom. The van der Waals surface area contributed by atoms with Crippen molar-refractivity contribution in [2.75, 3.05) is 0 Å². The molecule has 0 spiro atoms. The first-order valence-corrected chi connectivity index (χ1v) is 4.98. The Balaban J connectivity index is 2.28. The molecular weight excluding hydrogens is 176 g/mol. The summed E-state index contributed by atoms with van der Waals surface area (Å²) in [6.45, 7) is 2.52. The molecule has 1 heterocycles. The second-order valence-corrected chi connectivity index (χ2v) is 3.94. The Morgan fingerprint density at radius 2 is 1.93 bits per heavy atom. The number of hydrogen-bond donors (Lipinski definition) is 0. The Bertz CT molecular complexity index is 344. The van der Waals surface area contributed by atoms with E-state index in [9.17, 15) is 4.79 Å². The standard InChI is InChI=1S/C12H14O2/c1-9-6-10-4-2-3-5-11(10)8-14-12(13)7-9/h2-5,9H,6-8H2,1H3. The van der Waals surface area contributed by atoms with Crippen molar-refractivity contribution in [2.45, 2.75) is 26.4 Å². The smallest absolute Gasteiger partial charge is 0.306 e. The third-order valence-electron chi connectivity index (χ3n) is 2.59. The van der Waals surface area contributed by atoms with Gasteiger partial charge in [-0.15, -0.1) is 0 Å². The fourth-order valence-electron chi connectivity index (χ4n) is 1.85. The summed E-state index contributed by atoms with van der Waals surface area (Å²) in [5.41, 5.74) is 2.46. The number of cyclic esters (lactones) is 1. The number of fused-ring (bicyclic) bond motifs is 1. The van der Waals surface area contributed by atoms with Crippen molar-refractivity contribution in [3.8, 4) is 0 Å². The Kier molecular flexibility index (Phi) is 2.53. The van der Waals surface area contributed by atoms with E-state index in [0.29, 0.717) is 18.9 Å². The van der Waals surface area contributed by atoms with Crippen molar-refractivity contribution in [1.82, 2.24) is 0 Å². The van der Waals surface area contributed by atoms with Crippen LogP contribution in [-0.4, -0.2) is 5.97 Å². The van der Waals surface area contributed by atoms with Crippen LogP contribution in [0.3, 0.4) is 0 Å². The summed E-state index contributed by atoms with van der Waals surface area (Å²) in [7, 11) is 0. The van der Waals surface area contributed by atoms with E-state index in [2.05, 4.69) is 13.0 Å². The highest BCUT2D eigenvalue weighted by Gasteiger charge is 2.16. The van der Waals surface area contributed by atoms with E-state index in [1.54, 1.807) is 0 Å². The highest BCUT2D eigenvalue weighted by molar-refractivity contribution is 5.70. The van der Waals surface area contributed by atoms with Crippen LogP contribution in [0, 0.1) is 5.92 Å². The Hall–Kier alpha value is -1.31. The summed E-state index contributed by atoms with van der Waals surface area (Å²) >= 11 is 0. The zero-order chi connectivity index (χ0) is 9.97. The van der Waals surface area contributed by atoms with Crippen molar-refractivity contribution in [2.24, 2.45) is 5.92 Å². The van der Waals surface area contributed by atoms with E-state index >= 15 is 0 Å². The molecule has 0 bridgehead atoms. The molecule has 0 N–H and O–H groups in total. The molecular formula is C12H14O2. The van der Waals surface area contributed by atoms with Gasteiger partial charge in [0.1, 0.15) is 6.61 Å². The minimum atomic E-state index is -0.0768. The number of carbonyl (C=O) groups excluding carboxylic acids is 1. The number of benzene rings is 1. The zero-order valence-corrected chi connectivity index (χ0v) is 8.32. The van der Waals surface area contributed by atoms with Gasteiger partial charge in [-0.25, -0.2) is 0 Å². The van der Waals surface area contributed by atoms with Crippen molar-refractivity contribution in [3.05, 3.63) is 35.4 Å². The summed E-state index contributed by atoms with van der Waals surface area (Å²) < 4.78 is 5.14. The van der Waals surface area contributed by atoms with E-state index in [4.69, 9.17) is 4.74 Å². The average molecular weight is 190 g/mol. The molecule has 0 radical (unpaired) electrons. The maximum absolute atomic E-state index is 11.2. The minimum absolute atomic E-state index is 0.0768. The van der Waals surface area contributed by atoms with Crippen molar-refractivity contribution in [1.29, 1.82) is 0 Å². The maximum Gasteiger partial charge on any atom is 0.306 e. The van der Waals surface area contributed by atoms with Crippen LogP contribution in [0.4, 0.5) is 0 Å². The van der Waals surface area contributed by atoms with Gasteiger partial charge in [0.2, 0.25) is 0 Å². The van der Waals surface area contributed by atoms with Crippen LogP contribution in [0.1, 0.15) is 24.5 Å². The molecule has 74 valence electrons. The first-order chi connectivity index (χ1) is 6.75. The topological polar surface area (TPSA) is 26.3 Å². The number of rotatable bonds is 0. The molecule has 0 saturated heterocycles. The fraction of sp³-hybridized carbons (Fsp3) is 0.417. The van der Waals surface area contributed by atoms with Crippen molar-refractivity contribution >= 4 is 5.97 Å². The molecule has 0 amide bonds. The summed E-state index contributed by atoms with van der Waals surface area (Å²) in [5.74, 6) is 0.302. The number of carbonyl (C=O) groups is 1. The summed E-state index contributed by atoms with van der Waals surface area (Å²) in [6, 6.07) is 8.17. The molecule has 1 aliphatic rings. The van der Waals surface area contributed by atoms with E-state index in [1.807, 2.05) is 18.2 Å². The van der Waals surface area contributed by atoms with Gasteiger partial charge in [-0.2, -0.15) is 0 Å². The van der Waals surface area contributed by atoms with Crippen LogP contribution < -0.4 is 0 Å². The molecule has 1 aromatic carbocycles. The number of esters is 1. The Labute approximate surface area is 83.9 Å². The molecule has 1 aromatic rings. The molecule has 2 rings (SSSR count). The largest absolute Gasteiger partial charge is 0.461 e. The second-order valence-electron chi connectivity index (χ2n) is 3.94. The van der Waals surface area contributed by atoms with Crippen LogP contribution in [0.5, 0.6) is 0 Å².